The molecule has 2 N–H and O–H groups in total. The maximum Gasteiger partial charge on any atom is 0.258 e. The first-order valence-electron chi connectivity index (χ1n) is 12.0. The zero-order valence-electron chi connectivity index (χ0n) is 20.5. The topological polar surface area (TPSA) is 111 Å². The van der Waals surface area contributed by atoms with Crippen molar-refractivity contribution in [2.75, 3.05) is 12.9 Å². The van der Waals surface area contributed by atoms with Crippen LogP contribution in [0.25, 0.3) is 0 Å². The van der Waals surface area contributed by atoms with E-state index in [9.17, 15) is 22.4 Å². The lowest BCUT2D eigenvalue weighted by molar-refractivity contribution is -0.175. The van der Waals surface area contributed by atoms with Crippen LogP contribution in [-0.2, 0) is 19.6 Å². The number of halogens is 2. The number of hydrogen-bond acceptors (Lipinski definition) is 6. The Morgan fingerprint density at radius 2 is 1.92 bits per heavy atom. The van der Waals surface area contributed by atoms with Crippen molar-refractivity contribution in [3.05, 3.63) is 58.4 Å². The Bertz CT molecular complexity index is 1360. The Morgan fingerprint density at radius 1 is 1.19 bits per heavy atom. The minimum Gasteiger partial charge on any atom is -0.484 e. The van der Waals surface area contributed by atoms with Crippen molar-refractivity contribution in [1.29, 1.82) is 0 Å². The highest BCUT2D eigenvalue weighted by Gasteiger charge is 2.68. The second-order valence-corrected chi connectivity index (χ2v) is 12.9. The molecule has 198 valence electrons. The van der Waals surface area contributed by atoms with Crippen LogP contribution in [0.4, 0.5) is 4.39 Å². The van der Waals surface area contributed by atoms with Crippen LogP contribution in [0.15, 0.2) is 36.4 Å². The molecule has 3 saturated carbocycles. The number of benzene rings is 2. The molecule has 0 saturated heterocycles. The zero-order valence-corrected chi connectivity index (χ0v) is 22.0. The third kappa shape index (κ3) is 5.46. The number of nitrogens with one attached hydrogen (secondary N) is 2. The van der Waals surface area contributed by atoms with Gasteiger partial charge in [-0.2, -0.15) is 0 Å². The predicted molar refractivity (Wildman–Crippen MR) is 135 cm³/mol. The van der Waals surface area contributed by atoms with Crippen LogP contribution in [0.2, 0.25) is 5.02 Å². The molecule has 11 heteroatoms. The molecule has 1 amide bonds. The molecule has 1 heterocycles. The summed E-state index contributed by atoms with van der Waals surface area (Å²) in [6, 6.07) is 8.77. The quantitative estimate of drug-likeness (QED) is 0.493. The monoisotopic (exact) mass is 550 g/mol. The fourth-order valence-corrected chi connectivity index (χ4v) is 6.87. The second-order valence-electron chi connectivity index (χ2n) is 10.7. The number of fused-ring (bicyclic) bond motifs is 1. The summed E-state index contributed by atoms with van der Waals surface area (Å²) in [5.74, 6) is -0.0501. The molecule has 3 fully saturated rings. The van der Waals surface area contributed by atoms with E-state index >= 15 is 0 Å². The smallest absolute Gasteiger partial charge is 0.258 e. The van der Waals surface area contributed by atoms with Crippen LogP contribution in [0.3, 0.4) is 0 Å². The van der Waals surface area contributed by atoms with Crippen molar-refractivity contribution in [1.82, 2.24) is 10.0 Å². The van der Waals surface area contributed by atoms with Crippen molar-refractivity contribution in [2.24, 2.45) is 5.41 Å². The Kier molecular flexibility index (Phi) is 6.49. The Labute approximate surface area is 219 Å². The molecule has 4 aliphatic rings. The van der Waals surface area contributed by atoms with Gasteiger partial charge in [0.15, 0.2) is 18.5 Å². The summed E-state index contributed by atoms with van der Waals surface area (Å²) in [6.45, 7) is 1.43. The first-order chi connectivity index (χ1) is 17.3. The van der Waals surface area contributed by atoms with Crippen LogP contribution in [0.5, 0.6) is 11.5 Å². The van der Waals surface area contributed by atoms with Gasteiger partial charge in [0.2, 0.25) is 10.0 Å². The van der Waals surface area contributed by atoms with Crippen molar-refractivity contribution in [3.63, 3.8) is 0 Å². The first-order valence-corrected chi connectivity index (χ1v) is 14.3. The maximum absolute atomic E-state index is 13.7. The van der Waals surface area contributed by atoms with Gasteiger partial charge in [-0.3, -0.25) is 9.59 Å². The largest absolute Gasteiger partial charge is 0.484 e. The third-order valence-corrected chi connectivity index (χ3v) is 8.34. The lowest BCUT2D eigenvalue weighted by Crippen LogP contribution is -2.75. The number of carbonyl (C=O) groups excluding carboxylic acids is 2. The average molecular weight is 551 g/mol. The molecule has 2 atom stereocenters. The van der Waals surface area contributed by atoms with Gasteiger partial charge in [-0.15, -0.1) is 0 Å². The molecule has 8 nitrogen and oxygen atoms in total. The van der Waals surface area contributed by atoms with Gasteiger partial charge in [-0.25, -0.2) is 17.5 Å². The number of Topliss-reactive ketones (excluding diaryl/α,β-unsaturated/α-hetero) is 1. The highest BCUT2D eigenvalue weighted by atomic mass is 35.5. The summed E-state index contributed by atoms with van der Waals surface area (Å²) in [6.07, 6.45) is 2.80. The van der Waals surface area contributed by atoms with Crippen molar-refractivity contribution in [2.45, 2.75) is 56.7 Å². The van der Waals surface area contributed by atoms with Crippen molar-refractivity contribution in [3.8, 4) is 11.5 Å². The summed E-state index contributed by atoms with van der Waals surface area (Å²) in [5, 5.41) is 3.44. The average Bonchev–Trinajstić information content (AvgIpc) is 2.76. The molecule has 2 aromatic carbocycles. The Balaban J connectivity index is 1.14. The highest BCUT2D eigenvalue weighted by Crippen LogP contribution is 2.69. The molecule has 3 aliphatic carbocycles. The van der Waals surface area contributed by atoms with Gasteiger partial charge in [0.25, 0.3) is 5.91 Å². The first kappa shape index (κ1) is 25.9. The number of carbonyl (C=O) groups is 2. The zero-order chi connectivity index (χ0) is 26.6. The van der Waals surface area contributed by atoms with E-state index in [0.29, 0.717) is 47.6 Å². The summed E-state index contributed by atoms with van der Waals surface area (Å²) >= 11 is 6.09. The van der Waals surface area contributed by atoms with E-state index in [1.165, 1.54) is 6.07 Å². The number of ketones is 1. The van der Waals surface area contributed by atoms with E-state index in [-0.39, 0.29) is 41.4 Å². The van der Waals surface area contributed by atoms with Crippen LogP contribution in [0, 0.1) is 18.2 Å². The van der Waals surface area contributed by atoms with E-state index in [1.54, 1.807) is 37.3 Å². The number of sulfonamides is 1. The molecule has 2 aromatic rings. The minimum absolute atomic E-state index is 0.0924. The summed E-state index contributed by atoms with van der Waals surface area (Å²) in [4.78, 5) is 25.6. The predicted octanol–water partition coefficient (Wildman–Crippen LogP) is 3.61. The lowest BCUT2D eigenvalue weighted by Gasteiger charge is -2.70. The van der Waals surface area contributed by atoms with Gasteiger partial charge >= 0.3 is 0 Å². The summed E-state index contributed by atoms with van der Waals surface area (Å²) in [5.41, 5.74) is 0.579. The fraction of sp³-hybridized carbons (Fsp3) is 0.462. The van der Waals surface area contributed by atoms with Gasteiger partial charge in [-0.05, 0) is 61.4 Å². The third-order valence-electron chi connectivity index (χ3n) is 7.39. The standard InChI is InChI=1S/C26H28ClFN2O6S/c1-15-3-5-17(8-19(15)28)35-11-24(32)29-26-12-25(13-26,14-26)10-21(31)23-9-20(30-37(2,33)34)18-7-16(27)4-6-22(18)36-23/h3-8,20,23,30H,9-14H2,1-2H3,(H,29,32). The SMILES string of the molecule is Cc1ccc(OCC(=O)NC23CC(CC(=O)C4CC(NS(C)(=O)=O)c5cc(Cl)ccc5O4)(C2)C3)cc1F. The van der Waals surface area contributed by atoms with E-state index < -0.39 is 28.0 Å². The minimum atomic E-state index is -3.52. The maximum atomic E-state index is 13.7. The van der Waals surface area contributed by atoms with E-state index in [1.807, 2.05) is 0 Å². The van der Waals surface area contributed by atoms with Crippen LogP contribution < -0.4 is 19.5 Å². The van der Waals surface area contributed by atoms with Crippen LogP contribution in [0.1, 0.15) is 49.3 Å². The Morgan fingerprint density at radius 3 is 2.59 bits per heavy atom. The van der Waals surface area contributed by atoms with Crippen LogP contribution in [-0.4, -0.2) is 44.6 Å². The molecular formula is C26H28ClFN2O6S. The van der Waals surface area contributed by atoms with Crippen molar-refractivity contribution >= 4 is 33.3 Å². The fourth-order valence-electron chi connectivity index (χ4n) is 5.95. The van der Waals surface area contributed by atoms with Gasteiger partial charge in [-0.1, -0.05) is 17.7 Å². The van der Waals surface area contributed by atoms with Gasteiger partial charge in [0.05, 0.1) is 12.3 Å². The molecule has 37 heavy (non-hydrogen) atoms. The molecule has 2 unspecified atom stereocenters. The number of hydrogen-bond donors (Lipinski definition) is 2. The summed E-state index contributed by atoms with van der Waals surface area (Å²) < 4.78 is 51.4. The number of rotatable bonds is 9. The van der Waals surface area contributed by atoms with Gasteiger partial charge < -0.3 is 14.8 Å². The van der Waals surface area contributed by atoms with Crippen LogP contribution >= 0.6 is 11.6 Å². The van der Waals surface area contributed by atoms with Gasteiger partial charge in [0.1, 0.15) is 17.3 Å². The van der Waals surface area contributed by atoms with Gasteiger partial charge in [0, 0.05) is 35.0 Å². The second kappa shape index (κ2) is 9.25. The molecule has 2 bridgehead atoms. The molecule has 0 aromatic heterocycles. The van der Waals surface area contributed by atoms with Crippen molar-refractivity contribution < 1.29 is 31.9 Å². The normalized spacial score (nSPS) is 27.7. The Hall–Kier alpha value is -2.69. The molecule has 0 spiro atoms. The van der Waals surface area contributed by atoms with E-state index in [2.05, 4.69) is 10.0 Å². The molecule has 0 radical (unpaired) electrons. The summed E-state index contributed by atoms with van der Waals surface area (Å²) in [7, 11) is -3.52. The van der Waals surface area contributed by atoms with E-state index in [4.69, 9.17) is 21.1 Å². The number of aryl methyl sites for hydroxylation is 1. The number of ether oxygens (including phenoxy) is 2. The molecular weight excluding hydrogens is 523 g/mol. The van der Waals surface area contributed by atoms with E-state index in [0.717, 1.165) is 6.26 Å². The molecule has 1 aliphatic heterocycles. The highest BCUT2D eigenvalue weighted by molar-refractivity contribution is 7.88. The molecule has 6 rings (SSSR count). The lowest BCUT2D eigenvalue weighted by atomic mass is 9.38. The number of amides is 1.